The quantitative estimate of drug-likeness (QED) is 0.898. The van der Waals surface area contributed by atoms with Crippen LogP contribution in [0.4, 0.5) is 5.69 Å². The van der Waals surface area contributed by atoms with Crippen molar-refractivity contribution >= 4 is 15.7 Å². The molecule has 0 aliphatic carbocycles. The van der Waals surface area contributed by atoms with Crippen molar-refractivity contribution in [3.8, 4) is 6.07 Å². The zero-order chi connectivity index (χ0) is 14.6. The lowest BCUT2D eigenvalue weighted by Gasteiger charge is -2.11. The van der Waals surface area contributed by atoms with Crippen molar-refractivity contribution < 1.29 is 13.5 Å². The van der Waals surface area contributed by atoms with E-state index in [2.05, 4.69) is 4.72 Å². The van der Waals surface area contributed by atoms with E-state index in [9.17, 15) is 13.5 Å². The number of rotatable bonds is 4. The molecule has 0 saturated heterocycles. The number of para-hydroxylation sites is 1. The van der Waals surface area contributed by atoms with E-state index in [1.165, 1.54) is 24.3 Å². The fourth-order valence-electron chi connectivity index (χ4n) is 1.67. The first-order chi connectivity index (χ1) is 9.56. The number of hydrogen-bond acceptors (Lipinski definition) is 4. The van der Waals surface area contributed by atoms with E-state index in [1.54, 1.807) is 24.3 Å². The molecule has 0 spiro atoms. The van der Waals surface area contributed by atoms with Gasteiger partial charge in [0.15, 0.2) is 0 Å². The minimum atomic E-state index is -3.74. The van der Waals surface area contributed by atoms with Gasteiger partial charge in [-0.25, -0.2) is 8.42 Å². The largest absolute Gasteiger partial charge is 0.392 e. The minimum absolute atomic E-state index is 0.0595. The van der Waals surface area contributed by atoms with Gasteiger partial charge in [0.05, 0.1) is 28.8 Å². The van der Waals surface area contributed by atoms with E-state index in [0.29, 0.717) is 16.8 Å². The molecule has 0 aliphatic heterocycles. The summed E-state index contributed by atoms with van der Waals surface area (Å²) in [4.78, 5) is 0.0595. The Balaban J connectivity index is 2.33. The smallest absolute Gasteiger partial charge is 0.261 e. The maximum absolute atomic E-state index is 12.2. The second-order valence-corrected chi connectivity index (χ2v) is 5.74. The highest BCUT2D eigenvalue weighted by Gasteiger charge is 2.15. The summed E-state index contributed by atoms with van der Waals surface area (Å²) in [6, 6.07) is 14.1. The molecule has 0 atom stereocenters. The zero-order valence-electron chi connectivity index (χ0n) is 10.4. The summed E-state index contributed by atoms with van der Waals surface area (Å²) in [5.74, 6) is 0. The zero-order valence-corrected chi connectivity index (χ0v) is 11.3. The normalized spacial score (nSPS) is 10.8. The number of nitrogens with zero attached hydrogens (tertiary/aromatic N) is 1. The molecule has 5 nitrogen and oxygen atoms in total. The van der Waals surface area contributed by atoms with Gasteiger partial charge >= 0.3 is 0 Å². The highest BCUT2D eigenvalue weighted by atomic mass is 32.2. The van der Waals surface area contributed by atoms with Crippen molar-refractivity contribution in [2.24, 2.45) is 0 Å². The molecule has 2 rings (SSSR count). The molecule has 0 aromatic heterocycles. The van der Waals surface area contributed by atoms with Gasteiger partial charge in [0.2, 0.25) is 0 Å². The van der Waals surface area contributed by atoms with Crippen LogP contribution in [0.15, 0.2) is 53.4 Å². The molecular formula is C14H12N2O3S. The summed E-state index contributed by atoms with van der Waals surface area (Å²) >= 11 is 0. The number of anilines is 1. The third-order valence-electron chi connectivity index (χ3n) is 2.73. The van der Waals surface area contributed by atoms with Crippen LogP contribution in [0.5, 0.6) is 0 Å². The molecule has 0 unspecified atom stereocenters. The van der Waals surface area contributed by atoms with Gasteiger partial charge in [-0.2, -0.15) is 5.26 Å². The standard InChI is InChI=1S/C14H12N2O3S/c15-9-11-5-7-13(8-6-11)20(18,19)16-14-4-2-1-3-12(14)10-17/h1-8,16-17H,10H2. The van der Waals surface area contributed by atoms with Crippen LogP contribution in [0.2, 0.25) is 0 Å². The predicted octanol–water partition coefficient (Wildman–Crippen LogP) is 1.85. The molecule has 0 bridgehead atoms. The first-order valence-electron chi connectivity index (χ1n) is 5.78. The fraction of sp³-hybridized carbons (Fsp3) is 0.0714. The maximum Gasteiger partial charge on any atom is 0.261 e. The molecule has 2 aromatic rings. The van der Waals surface area contributed by atoms with Crippen LogP contribution in [0.1, 0.15) is 11.1 Å². The number of benzene rings is 2. The van der Waals surface area contributed by atoms with Gasteiger partial charge in [-0.3, -0.25) is 4.72 Å². The Labute approximate surface area is 117 Å². The first kappa shape index (κ1) is 14.1. The van der Waals surface area contributed by atoms with E-state index >= 15 is 0 Å². The van der Waals surface area contributed by atoms with Crippen molar-refractivity contribution in [2.75, 3.05) is 4.72 Å². The second kappa shape index (κ2) is 5.74. The molecule has 20 heavy (non-hydrogen) atoms. The SMILES string of the molecule is N#Cc1ccc(S(=O)(=O)Nc2ccccc2CO)cc1. The Bertz CT molecular complexity index is 747. The number of aliphatic hydroxyl groups excluding tert-OH is 1. The van der Waals surface area contributed by atoms with Crippen LogP contribution in [-0.2, 0) is 16.6 Å². The molecule has 0 fully saturated rings. The molecule has 0 aliphatic rings. The highest BCUT2D eigenvalue weighted by molar-refractivity contribution is 7.92. The fourth-order valence-corrected chi connectivity index (χ4v) is 2.77. The van der Waals surface area contributed by atoms with E-state index in [1.807, 2.05) is 6.07 Å². The molecule has 2 N–H and O–H groups in total. The Kier molecular flexibility index (Phi) is 4.03. The van der Waals surface area contributed by atoms with Gasteiger partial charge in [0, 0.05) is 5.56 Å². The van der Waals surface area contributed by atoms with Gasteiger partial charge in [0.25, 0.3) is 10.0 Å². The number of hydrogen-bond donors (Lipinski definition) is 2. The predicted molar refractivity (Wildman–Crippen MR) is 74.3 cm³/mol. The lowest BCUT2D eigenvalue weighted by molar-refractivity contribution is 0.282. The van der Waals surface area contributed by atoms with Crippen LogP contribution in [0.3, 0.4) is 0 Å². The number of nitriles is 1. The van der Waals surface area contributed by atoms with Gasteiger partial charge in [-0.1, -0.05) is 18.2 Å². The molecule has 0 amide bonds. The molecule has 6 heteroatoms. The number of aliphatic hydroxyl groups is 1. The van der Waals surface area contributed by atoms with Crippen LogP contribution in [-0.4, -0.2) is 13.5 Å². The van der Waals surface area contributed by atoms with E-state index < -0.39 is 10.0 Å². The van der Waals surface area contributed by atoms with Gasteiger partial charge < -0.3 is 5.11 Å². The van der Waals surface area contributed by atoms with Gasteiger partial charge in [-0.05, 0) is 30.3 Å². The maximum atomic E-state index is 12.2. The molecule has 0 heterocycles. The Morgan fingerprint density at radius 3 is 2.35 bits per heavy atom. The number of sulfonamides is 1. The molecule has 102 valence electrons. The van der Waals surface area contributed by atoms with E-state index in [4.69, 9.17) is 5.26 Å². The Hall–Kier alpha value is -2.36. The van der Waals surface area contributed by atoms with Crippen molar-refractivity contribution in [3.63, 3.8) is 0 Å². The molecule has 0 saturated carbocycles. The van der Waals surface area contributed by atoms with Crippen LogP contribution < -0.4 is 4.72 Å². The average Bonchev–Trinajstić information content (AvgIpc) is 2.47. The Morgan fingerprint density at radius 1 is 1.10 bits per heavy atom. The van der Waals surface area contributed by atoms with Crippen molar-refractivity contribution in [3.05, 3.63) is 59.7 Å². The third-order valence-corrected chi connectivity index (χ3v) is 4.11. The van der Waals surface area contributed by atoms with Crippen LogP contribution in [0.25, 0.3) is 0 Å². The third kappa shape index (κ3) is 2.96. The summed E-state index contributed by atoms with van der Waals surface area (Å²) in [7, 11) is -3.74. The van der Waals surface area contributed by atoms with Crippen LogP contribution in [0, 0.1) is 11.3 Å². The van der Waals surface area contributed by atoms with Crippen molar-refractivity contribution in [1.82, 2.24) is 0 Å². The highest BCUT2D eigenvalue weighted by Crippen LogP contribution is 2.20. The molecular weight excluding hydrogens is 276 g/mol. The minimum Gasteiger partial charge on any atom is -0.392 e. The topological polar surface area (TPSA) is 90.2 Å². The summed E-state index contributed by atoms with van der Waals surface area (Å²) in [6.45, 7) is -0.258. The van der Waals surface area contributed by atoms with Gasteiger partial charge in [0.1, 0.15) is 0 Å². The summed E-state index contributed by atoms with van der Waals surface area (Å²) in [5, 5.41) is 17.9. The van der Waals surface area contributed by atoms with Gasteiger partial charge in [-0.15, -0.1) is 0 Å². The molecule has 2 aromatic carbocycles. The van der Waals surface area contributed by atoms with E-state index in [-0.39, 0.29) is 11.5 Å². The monoisotopic (exact) mass is 288 g/mol. The Morgan fingerprint density at radius 2 is 1.75 bits per heavy atom. The second-order valence-electron chi connectivity index (χ2n) is 4.06. The summed E-state index contributed by atoms with van der Waals surface area (Å²) in [6.07, 6.45) is 0. The average molecular weight is 288 g/mol. The molecule has 0 radical (unpaired) electrons. The van der Waals surface area contributed by atoms with Crippen molar-refractivity contribution in [1.29, 1.82) is 5.26 Å². The van der Waals surface area contributed by atoms with E-state index in [0.717, 1.165) is 0 Å². The summed E-state index contributed by atoms with van der Waals surface area (Å²) < 4.78 is 26.8. The first-order valence-corrected chi connectivity index (χ1v) is 7.27. The summed E-state index contributed by atoms with van der Waals surface area (Å²) in [5.41, 5.74) is 1.21. The van der Waals surface area contributed by atoms with Crippen LogP contribution >= 0.6 is 0 Å². The number of nitrogens with one attached hydrogen (secondary N) is 1. The lowest BCUT2D eigenvalue weighted by Crippen LogP contribution is -2.14. The lowest BCUT2D eigenvalue weighted by atomic mass is 10.2. The van der Waals surface area contributed by atoms with Crippen molar-refractivity contribution in [2.45, 2.75) is 11.5 Å².